The van der Waals surface area contributed by atoms with E-state index in [2.05, 4.69) is 16.9 Å². The number of hydrogen-bond donors (Lipinski definition) is 2. The molecule has 4 heteroatoms. The Bertz CT molecular complexity index is 799. The number of unbranched alkanes of at least 4 members (excludes halogenated alkanes) is 2. The van der Waals surface area contributed by atoms with Gasteiger partial charge in [0, 0.05) is 11.8 Å². The minimum atomic E-state index is -0.888. The predicted molar refractivity (Wildman–Crippen MR) is 104 cm³/mol. The normalized spacial score (nSPS) is 23.0. The van der Waals surface area contributed by atoms with Crippen LogP contribution in [-0.2, 0) is 5.41 Å². The third-order valence-corrected chi connectivity index (χ3v) is 5.32. The minimum absolute atomic E-state index is 0.140. The van der Waals surface area contributed by atoms with Crippen LogP contribution < -0.4 is 0 Å². The van der Waals surface area contributed by atoms with Gasteiger partial charge >= 0.3 is 0 Å². The summed E-state index contributed by atoms with van der Waals surface area (Å²) in [6, 6.07) is 11.4. The Morgan fingerprint density at radius 1 is 1.12 bits per heavy atom. The van der Waals surface area contributed by atoms with Gasteiger partial charge in [0.05, 0.1) is 17.2 Å². The highest BCUT2D eigenvalue weighted by Crippen LogP contribution is 2.46. The van der Waals surface area contributed by atoms with Crippen molar-refractivity contribution in [3.05, 3.63) is 77.6 Å². The van der Waals surface area contributed by atoms with Gasteiger partial charge in [-0.2, -0.15) is 0 Å². The van der Waals surface area contributed by atoms with Gasteiger partial charge in [-0.05, 0) is 37.5 Å². The molecule has 2 aromatic rings. The van der Waals surface area contributed by atoms with Crippen LogP contribution in [0.2, 0.25) is 0 Å². The molecule has 1 heterocycles. The molecule has 0 amide bonds. The van der Waals surface area contributed by atoms with Crippen LogP contribution in [0.4, 0.5) is 0 Å². The maximum atomic E-state index is 11.4. The summed E-state index contributed by atoms with van der Waals surface area (Å²) in [6.45, 7) is 4.17. The lowest BCUT2D eigenvalue weighted by Crippen LogP contribution is -2.42. The summed E-state index contributed by atoms with van der Waals surface area (Å²) in [7, 11) is 0. The highest BCUT2D eigenvalue weighted by atomic mass is 16.3. The van der Waals surface area contributed by atoms with Crippen molar-refractivity contribution in [1.29, 1.82) is 0 Å². The second-order valence-corrected chi connectivity index (χ2v) is 6.99. The van der Waals surface area contributed by atoms with Crippen LogP contribution in [0.1, 0.15) is 50.8 Å². The number of hydrogen-bond acceptors (Lipinski definition) is 4. The van der Waals surface area contributed by atoms with Crippen molar-refractivity contribution in [2.75, 3.05) is 0 Å². The highest BCUT2D eigenvalue weighted by Gasteiger charge is 2.45. The Balaban J connectivity index is 2.11. The van der Waals surface area contributed by atoms with Crippen molar-refractivity contribution in [2.24, 2.45) is 0 Å². The van der Waals surface area contributed by atoms with E-state index in [0.29, 0.717) is 5.57 Å². The number of allylic oxidation sites excluding steroid dienone is 1. The maximum Gasteiger partial charge on any atom is 0.122 e. The molecule has 26 heavy (non-hydrogen) atoms. The molecular formula is C22H26N2O2. The summed E-state index contributed by atoms with van der Waals surface area (Å²) in [6.07, 6.45) is 8.22. The number of rotatable bonds is 6. The first kappa shape index (κ1) is 18.3. The van der Waals surface area contributed by atoms with Gasteiger partial charge in [-0.25, -0.2) is 9.97 Å². The molecule has 0 saturated heterocycles. The van der Waals surface area contributed by atoms with E-state index >= 15 is 0 Å². The third-order valence-electron chi connectivity index (χ3n) is 5.32. The van der Waals surface area contributed by atoms with Crippen molar-refractivity contribution >= 4 is 5.57 Å². The van der Waals surface area contributed by atoms with Gasteiger partial charge < -0.3 is 10.2 Å². The minimum Gasteiger partial charge on any atom is -0.508 e. The van der Waals surface area contributed by atoms with Crippen LogP contribution in [0.5, 0.6) is 0 Å². The molecule has 0 saturated carbocycles. The number of nitrogens with zero attached hydrogens (tertiary/aromatic N) is 2. The molecule has 0 fully saturated rings. The summed E-state index contributed by atoms with van der Waals surface area (Å²) in [5.74, 6) is 0.140. The van der Waals surface area contributed by atoms with E-state index in [1.54, 1.807) is 6.20 Å². The fraction of sp³-hybridized carbons (Fsp3) is 0.364. The first-order valence-corrected chi connectivity index (χ1v) is 9.23. The average Bonchev–Trinajstić information content (AvgIpc) is 2.67. The fourth-order valence-electron chi connectivity index (χ4n) is 3.72. The highest BCUT2D eigenvalue weighted by molar-refractivity contribution is 5.77. The Morgan fingerprint density at radius 3 is 2.54 bits per heavy atom. The molecule has 2 atom stereocenters. The number of aromatic nitrogens is 2. The molecule has 1 aromatic carbocycles. The van der Waals surface area contributed by atoms with Crippen LogP contribution in [0, 0.1) is 0 Å². The zero-order valence-corrected chi connectivity index (χ0v) is 15.4. The summed E-state index contributed by atoms with van der Waals surface area (Å²) in [5, 5.41) is 22.1. The Labute approximate surface area is 155 Å². The Hall–Kier alpha value is -2.46. The average molecular weight is 350 g/mol. The van der Waals surface area contributed by atoms with Gasteiger partial charge in [0.1, 0.15) is 12.1 Å². The molecule has 1 aliphatic rings. The molecule has 1 aromatic heterocycles. The SMILES string of the molecule is CCCCCC1=CC(O)=C(c2ccccc2)C(O)C1(C)c1ccncn1. The van der Waals surface area contributed by atoms with Gasteiger partial charge in [0.2, 0.25) is 0 Å². The topological polar surface area (TPSA) is 66.2 Å². The van der Waals surface area contributed by atoms with Gasteiger partial charge in [-0.1, -0.05) is 55.7 Å². The number of aliphatic hydroxyl groups excluding tert-OH is 2. The molecule has 0 radical (unpaired) electrons. The van der Waals surface area contributed by atoms with Crippen LogP contribution >= 0.6 is 0 Å². The lowest BCUT2D eigenvalue weighted by molar-refractivity contribution is 0.151. The largest absolute Gasteiger partial charge is 0.508 e. The molecule has 136 valence electrons. The van der Waals surface area contributed by atoms with E-state index in [1.165, 1.54) is 6.33 Å². The van der Waals surface area contributed by atoms with Crippen molar-refractivity contribution in [3.8, 4) is 0 Å². The molecule has 4 nitrogen and oxygen atoms in total. The second-order valence-electron chi connectivity index (χ2n) is 6.99. The van der Waals surface area contributed by atoms with Gasteiger partial charge in [0.25, 0.3) is 0 Å². The van der Waals surface area contributed by atoms with Crippen LogP contribution in [0.25, 0.3) is 5.57 Å². The summed E-state index contributed by atoms with van der Waals surface area (Å²) < 4.78 is 0. The molecule has 2 unspecified atom stereocenters. The number of aliphatic hydroxyl groups is 2. The lowest BCUT2D eigenvalue weighted by atomic mass is 9.66. The number of benzene rings is 1. The van der Waals surface area contributed by atoms with Crippen molar-refractivity contribution in [3.63, 3.8) is 0 Å². The molecule has 2 N–H and O–H groups in total. The third kappa shape index (κ3) is 3.29. The molecule has 0 aliphatic heterocycles. The molecule has 1 aliphatic carbocycles. The zero-order valence-electron chi connectivity index (χ0n) is 15.4. The smallest absolute Gasteiger partial charge is 0.122 e. The molecule has 0 spiro atoms. The van der Waals surface area contributed by atoms with E-state index in [9.17, 15) is 10.2 Å². The van der Waals surface area contributed by atoms with E-state index in [1.807, 2.05) is 49.4 Å². The van der Waals surface area contributed by atoms with E-state index in [-0.39, 0.29) is 5.76 Å². The van der Waals surface area contributed by atoms with E-state index < -0.39 is 11.5 Å². The lowest BCUT2D eigenvalue weighted by Gasteiger charge is -2.40. The summed E-state index contributed by atoms with van der Waals surface area (Å²) >= 11 is 0. The van der Waals surface area contributed by atoms with Crippen molar-refractivity contribution in [2.45, 2.75) is 51.0 Å². The maximum absolute atomic E-state index is 11.4. The monoisotopic (exact) mass is 350 g/mol. The van der Waals surface area contributed by atoms with Crippen LogP contribution in [0.3, 0.4) is 0 Å². The predicted octanol–water partition coefficient (Wildman–Crippen LogP) is 4.58. The van der Waals surface area contributed by atoms with Crippen molar-refractivity contribution in [1.82, 2.24) is 9.97 Å². The molecule has 0 bridgehead atoms. The Kier molecular flexibility index (Phi) is 5.52. The van der Waals surface area contributed by atoms with E-state index in [0.717, 1.165) is 42.5 Å². The fourth-order valence-corrected chi connectivity index (χ4v) is 3.72. The summed E-state index contributed by atoms with van der Waals surface area (Å²) in [4.78, 5) is 8.46. The van der Waals surface area contributed by atoms with Gasteiger partial charge in [0.15, 0.2) is 0 Å². The summed E-state index contributed by atoms with van der Waals surface area (Å²) in [5.41, 5.74) is 2.44. The first-order valence-electron chi connectivity index (χ1n) is 9.23. The second kappa shape index (κ2) is 7.83. The quantitative estimate of drug-likeness (QED) is 0.748. The molecular weight excluding hydrogens is 324 g/mol. The van der Waals surface area contributed by atoms with E-state index in [4.69, 9.17) is 0 Å². The molecule has 3 rings (SSSR count). The van der Waals surface area contributed by atoms with Crippen LogP contribution in [0.15, 0.2) is 66.3 Å². The van der Waals surface area contributed by atoms with Gasteiger partial charge in [-0.15, -0.1) is 0 Å². The van der Waals surface area contributed by atoms with Gasteiger partial charge in [-0.3, -0.25) is 0 Å². The standard InChI is InChI=1S/C22H26N2O2/c1-3-4-6-11-17-14-18(25)20(16-9-7-5-8-10-16)21(26)22(17,2)19-12-13-23-15-24-19/h5,7-10,12-15,21,25-26H,3-4,6,11H2,1-2H3. The first-order chi connectivity index (χ1) is 12.6. The zero-order chi connectivity index (χ0) is 18.6. The van der Waals surface area contributed by atoms with Crippen molar-refractivity contribution < 1.29 is 10.2 Å². The van der Waals surface area contributed by atoms with Crippen LogP contribution in [-0.4, -0.2) is 26.3 Å². The Morgan fingerprint density at radius 2 is 1.88 bits per heavy atom.